The van der Waals surface area contributed by atoms with Crippen LogP contribution in [0.5, 0.6) is 0 Å². The molecule has 1 aliphatic rings. The first kappa shape index (κ1) is 21.7. The van der Waals surface area contributed by atoms with Crippen molar-refractivity contribution in [2.75, 3.05) is 21.9 Å². The molecule has 1 heterocycles. The zero-order chi connectivity index (χ0) is 21.8. The Hall–Kier alpha value is -2.48. The number of anilines is 2. The van der Waals surface area contributed by atoms with Crippen LogP contribution in [0.15, 0.2) is 77.7 Å². The number of nitrogens with one attached hydrogen (secondary N) is 1. The van der Waals surface area contributed by atoms with Crippen molar-refractivity contribution in [3.63, 3.8) is 0 Å². The number of sulfonamides is 1. The largest absolute Gasteiger partial charge is 0.322 e. The molecule has 3 aromatic carbocycles. The first-order valence-electron chi connectivity index (χ1n) is 9.80. The lowest BCUT2D eigenvalue weighted by atomic mass is 10.1. The summed E-state index contributed by atoms with van der Waals surface area (Å²) in [5.41, 5.74) is 2.79. The van der Waals surface area contributed by atoms with Crippen LogP contribution in [0.25, 0.3) is 0 Å². The summed E-state index contributed by atoms with van der Waals surface area (Å²) in [6.45, 7) is 0.467. The smallest absolute Gasteiger partial charge is 0.255 e. The molecule has 31 heavy (non-hydrogen) atoms. The van der Waals surface area contributed by atoms with E-state index in [0.29, 0.717) is 34.9 Å². The summed E-state index contributed by atoms with van der Waals surface area (Å²) in [4.78, 5) is 13.8. The fourth-order valence-corrected chi connectivity index (χ4v) is 5.86. The predicted molar refractivity (Wildman–Crippen MR) is 128 cm³/mol. The molecule has 0 saturated carbocycles. The van der Waals surface area contributed by atoms with Gasteiger partial charge in [0.25, 0.3) is 5.91 Å². The SMILES string of the molecule is O=C(Nc1cccc(N2CCCS2(=O)=O)c1)c1ccc(CSc2ccc(Cl)cc2)cc1. The molecule has 0 spiro atoms. The minimum Gasteiger partial charge on any atom is -0.322 e. The summed E-state index contributed by atoms with van der Waals surface area (Å²) < 4.78 is 25.7. The maximum atomic E-state index is 12.6. The van der Waals surface area contributed by atoms with Crippen LogP contribution in [0.2, 0.25) is 5.02 Å². The number of hydrogen-bond acceptors (Lipinski definition) is 4. The van der Waals surface area contributed by atoms with Crippen molar-refractivity contribution < 1.29 is 13.2 Å². The molecule has 1 saturated heterocycles. The summed E-state index contributed by atoms with van der Waals surface area (Å²) in [6.07, 6.45) is 0.613. The Morgan fingerprint density at radius 3 is 2.45 bits per heavy atom. The van der Waals surface area contributed by atoms with Crippen molar-refractivity contribution in [3.8, 4) is 0 Å². The Balaban J connectivity index is 1.38. The van der Waals surface area contributed by atoms with Gasteiger partial charge in [0.15, 0.2) is 0 Å². The van der Waals surface area contributed by atoms with E-state index in [-0.39, 0.29) is 11.7 Å². The van der Waals surface area contributed by atoms with Crippen molar-refractivity contribution in [2.24, 2.45) is 0 Å². The van der Waals surface area contributed by atoms with Crippen LogP contribution < -0.4 is 9.62 Å². The Kier molecular flexibility index (Phi) is 6.55. The van der Waals surface area contributed by atoms with Crippen molar-refractivity contribution >= 4 is 50.7 Å². The Morgan fingerprint density at radius 1 is 1.03 bits per heavy atom. The molecular formula is C23H21ClN2O3S2. The summed E-state index contributed by atoms with van der Waals surface area (Å²) in [6, 6.07) is 22.1. The molecule has 5 nitrogen and oxygen atoms in total. The van der Waals surface area contributed by atoms with Crippen molar-refractivity contribution in [3.05, 3.63) is 88.9 Å². The third-order valence-electron chi connectivity index (χ3n) is 4.93. The molecule has 0 atom stereocenters. The topological polar surface area (TPSA) is 66.5 Å². The molecule has 8 heteroatoms. The number of carbonyl (C=O) groups is 1. The first-order chi connectivity index (χ1) is 14.9. The average molecular weight is 473 g/mol. The Morgan fingerprint density at radius 2 is 1.77 bits per heavy atom. The van der Waals surface area contributed by atoms with E-state index in [1.165, 1.54) is 4.31 Å². The molecule has 1 aliphatic heterocycles. The van der Waals surface area contributed by atoms with Gasteiger partial charge in [0.1, 0.15) is 0 Å². The van der Waals surface area contributed by atoms with Gasteiger partial charge in [-0.15, -0.1) is 11.8 Å². The highest BCUT2D eigenvalue weighted by atomic mass is 35.5. The maximum absolute atomic E-state index is 12.6. The second-order valence-electron chi connectivity index (χ2n) is 7.19. The normalized spacial score (nSPS) is 15.1. The number of carbonyl (C=O) groups excluding carboxylic acids is 1. The molecule has 160 valence electrons. The second-order valence-corrected chi connectivity index (χ2v) is 10.7. The highest BCUT2D eigenvalue weighted by molar-refractivity contribution is 7.98. The lowest BCUT2D eigenvalue weighted by molar-refractivity contribution is 0.102. The van der Waals surface area contributed by atoms with E-state index in [1.807, 2.05) is 36.4 Å². The van der Waals surface area contributed by atoms with Gasteiger partial charge in [0, 0.05) is 33.5 Å². The van der Waals surface area contributed by atoms with E-state index in [1.54, 1.807) is 48.2 Å². The lowest BCUT2D eigenvalue weighted by Crippen LogP contribution is -2.25. The molecule has 0 radical (unpaired) electrons. The molecule has 0 bridgehead atoms. The Labute approximate surface area is 191 Å². The van der Waals surface area contributed by atoms with Crippen LogP contribution in [-0.4, -0.2) is 26.6 Å². The van der Waals surface area contributed by atoms with Gasteiger partial charge < -0.3 is 5.32 Å². The summed E-state index contributed by atoms with van der Waals surface area (Å²) in [5, 5.41) is 3.57. The molecule has 0 aliphatic carbocycles. The van der Waals surface area contributed by atoms with Crippen molar-refractivity contribution in [1.82, 2.24) is 0 Å². The highest BCUT2D eigenvalue weighted by Crippen LogP contribution is 2.27. The van der Waals surface area contributed by atoms with Gasteiger partial charge in [-0.25, -0.2) is 8.42 Å². The van der Waals surface area contributed by atoms with Crippen molar-refractivity contribution in [1.29, 1.82) is 0 Å². The van der Waals surface area contributed by atoms with Crippen molar-refractivity contribution in [2.45, 2.75) is 17.1 Å². The van der Waals surface area contributed by atoms with Gasteiger partial charge in [0.05, 0.1) is 11.4 Å². The van der Waals surface area contributed by atoms with Gasteiger partial charge >= 0.3 is 0 Å². The van der Waals surface area contributed by atoms with Crippen LogP contribution in [0.1, 0.15) is 22.3 Å². The number of thioether (sulfide) groups is 1. The monoisotopic (exact) mass is 472 g/mol. The third-order valence-corrected chi connectivity index (χ3v) is 8.13. The molecule has 0 unspecified atom stereocenters. The zero-order valence-electron chi connectivity index (χ0n) is 16.6. The minimum atomic E-state index is -3.26. The van der Waals surface area contributed by atoms with Gasteiger partial charge in [-0.05, 0) is 66.6 Å². The summed E-state index contributed by atoms with van der Waals surface area (Å²) in [5.74, 6) is 0.709. The van der Waals surface area contributed by atoms with Crippen LogP contribution in [0.3, 0.4) is 0 Å². The number of amides is 1. The van der Waals surface area contributed by atoms with E-state index >= 15 is 0 Å². The van der Waals surface area contributed by atoms with Gasteiger partial charge in [0.2, 0.25) is 10.0 Å². The summed E-state index contributed by atoms with van der Waals surface area (Å²) in [7, 11) is -3.26. The quantitative estimate of drug-likeness (QED) is 0.486. The lowest BCUT2D eigenvalue weighted by Gasteiger charge is -2.17. The van der Waals surface area contributed by atoms with Crippen LogP contribution in [-0.2, 0) is 15.8 Å². The van der Waals surface area contributed by atoms with E-state index in [2.05, 4.69) is 5.32 Å². The number of rotatable bonds is 6. The Bertz CT molecular complexity index is 1180. The predicted octanol–water partition coefficient (Wildman–Crippen LogP) is 5.42. The fraction of sp³-hybridized carbons (Fsp3) is 0.174. The number of halogens is 1. The molecule has 1 amide bonds. The van der Waals surface area contributed by atoms with E-state index in [0.717, 1.165) is 16.2 Å². The van der Waals surface area contributed by atoms with Crippen LogP contribution >= 0.6 is 23.4 Å². The molecule has 0 aromatic heterocycles. The fourth-order valence-electron chi connectivity index (χ4n) is 3.32. The number of nitrogens with zero attached hydrogens (tertiary/aromatic N) is 1. The first-order valence-corrected chi connectivity index (χ1v) is 12.8. The molecular weight excluding hydrogens is 452 g/mol. The maximum Gasteiger partial charge on any atom is 0.255 e. The van der Waals surface area contributed by atoms with Crippen LogP contribution in [0, 0.1) is 0 Å². The number of hydrogen-bond donors (Lipinski definition) is 1. The average Bonchev–Trinajstić information content (AvgIpc) is 3.13. The molecule has 1 N–H and O–H groups in total. The highest BCUT2D eigenvalue weighted by Gasteiger charge is 2.28. The van der Waals surface area contributed by atoms with E-state index in [9.17, 15) is 13.2 Å². The molecule has 1 fully saturated rings. The van der Waals surface area contributed by atoms with Crippen LogP contribution in [0.4, 0.5) is 11.4 Å². The third kappa shape index (κ3) is 5.42. The zero-order valence-corrected chi connectivity index (χ0v) is 19.0. The van der Waals surface area contributed by atoms with Gasteiger partial charge in [-0.1, -0.05) is 29.8 Å². The minimum absolute atomic E-state index is 0.159. The van der Waals surface area contributed by atoms with E-state index in [4.69, 9.17) is 11.6 Å². The van der Waals surface area contributed by atoms with E-state index < -0.39 is 10.0 Å². The summed E-state index contributed by atoms with van der Waals surface area (Å²) >= 11 is 7.61. The molecule has 3 aromatic rings. The second kappa shape index (κ2) is 9.34. The standard InChI is InChI=1S/C23H21ClN2O3S2/c24-19-9-11-22(12-10-19)30-16-17-5-7-18(8-6-17)23(27)25-20-3-1-4-21(15-20)26-13-2-14-31(26,28)29/h1,3-12,15H,2,13-14,16H2,(H,25,27). The number of benzene rings is 3. The molecule has 4 rings (SSSR count). The van der Waals surface area contributed by atoms with Gasteiger partial charge in [-0.3, -0.25) is 9.10 Å². The van der Waals surface area contributed by atoms with Gasteiger partial charge in [-0.2, -0.15) is 0 Å².